The quantitative estimate of drug-likeness (QED) is 0.508. The van der Waals surface area contributed by atoms with Crippen LogP contribution in [0.25, 0.3) is 0 Å². The number of rotatable bonds is 9. The number of hydrogen-bond donors (Lipinski definition) is 1. The first-order valence-electron chi connectivity index (χ1n) is 6.84. The lowest BCUT2D eigenvalue weighted by Gasteiger charge is -2.02. The summed E-state index contributed by atoms with van der Waals surface area (Å²) in [5.74, 6) is 0.205. The van der Waals surface area contributed by atoms with Crippen LogP contribution in [-0.4, -0.2) is 18.9 Å². The van der Waals surface area contributed by atoms with Crippen molar-refractivity contribution >= 4 is 17.4 Å². The molecule has 0 aliphatic heterocycles. The molecule has 0 aliphatic rings. The van der Waals surface area contributed by atoms with Crippen LogP contribution in [0.4, 0.5) is 0 Å². The average Bonchev–Trinajstić information content (AvgIpc) is 2.38. The van der Waals surface area contributed by atoms with Crippen molar-refractivity contribution in [1.82, 2.24) is 0 Å². The molecule has 0 saturated carbocycles. The summed E-state index contributed by atoms with van der Waals surface area (Å²) >= 11 is 5.79. The average molecular weight is 304 g/mol. The van der Waals surface area contributed by atoms with Gasteiger partial charge in [0.05, 0.1) is 19.5 Å². The minimum atomic E-state index is 0. The molecule has 1 rings (SSSR count). The molecule has 0 amide bonds. The number of benzene rings is 1. The van der Waals surface area contributed by atoms with E-state index in [0.29, 0.717) is 11.4 Å². The molecule has 0 bridgehead atoms. The van der Waals surface area contributed by atoms with E-state index in [9.17, 15) is 4.79 Å². The zero-order chi connectivity index (χ0) is 13.2. The molecule has 2 N–H and O–H groups in total. The molecule has 0 heterocycles. The van der Waals surface area contributed by atoms with Crippen LogP contribution in [0, 0.1) is 0 Å². The molecule has 0 radical (unpaired) electrons. The van der Waals surface area contributed by atoms with E-state index in [0.717, 1.165) is 18.7 Å². The normalized spacial score (nSPS) is 10.0. The molecule has 0 unspecified atom stereocenters. The van der Waals surface area contributed by atoms with Crippen LogP contribution in [0.15, 0.2) is 24.3 Å². The monoisotopic (exact) mass is 303 g/mol. The zero-order valence-electron chi connectivity index (χ0n) is 11.5. The van der Waals surface area contributed by atoms with E-state index in [1.165, 1.54) is 25.7 Å². The molecule has 0 saturated heterocycles. The predicted molar refractivity (Wildman–Crippen MR) is 76.2 cm³/mol. The van der Waals surface area contributed by atoms with Gasteiger partial charge in [0.2, 0.25) is 0 Å². The Morgan fingerprint density at radius 1 is 1.11 bits per heavy atom. The second-order valence-electron chi connectivity index (χ2n) is 4.61. The maximum absolute atomic E-state index is 11.8. The number of Topliss-reactive ketones (excluding diaryl/α,β-unsaturated/α-hetero) is 1. The number of carbonyl (C=O) groups excluding carboxylic acids is 1. The van der Waals surface area contributed by atoms with Crippen LogP contribution in [-0.2, 0) is 0 Å². The van der Waals surface area contributed by atoms with Crippen LogP contribution in [0.2, 0.25) is 5.02 Å². The van der Waals surface area contributed by atoms with E-state index < -0.39 is 0 Å². The van der Waals surface area contributed by atoms with Gasteiger partial charge in [-0.1, -0.05) is 31.4 Å². The molecular weight excluding hydrogens is 281 g/mol. The van der Waals surface area contributed by atoms with E-state index in [1.54, 1.807) is 24.3 Å². The van der Waals surface area contributed by atoms with Gasteiger partial charge < -0.3 is 17.7 Å². The van der Waals surface area contributed by atoms with Gasteiger partial charge in [0, 0.05) is 10.6 Å². The molecule has 2 nitrogen and oxygen atoms in total. The summed E-state index contributed by atoms with van der Waals surface area (Å²) in [7, 11) is 0. The lowest BCUT2D eigenvalue weighted by atomic mass is 10.1. The summed E-state index contributed by atoms with van der Waals surface area (Å²) in [6.07, 6.45) is 5.75. The second kappa shape index (κ2) is 11.3. The maximum Gasteiger partial charge on any atom is 0.168 e. The maximum atomic E-state index is 11.8. The highest BCUT2D eigenvalue weighted by Gasteiger charge is 2.06. The number of halogens is 2. The fourth-order valence-electron chi connectivity index (χ4n) is 1.87. The first-order chi connectivity index (χ1) is 8.74. The van der Waals surface area contributed by atoms with E-state index in [4.69, 9.17) is 11.6 Å². The Morgan fingerprint density at radius 3 is 2.42 bits per heavy atom. The van der Waals surface area contributed by atoms with Gasteiger partial charge in [0.25, 0.3) is 0 Å². The van der Waals surface area contributed by atoms with Crippen molar-refractivity contribution in [2.75, 3.05) is 13.1 Å². The molecule has 4 heteroatoms. The number of unbranched alkanes of at least 4 members (excludes halogenated alkanes) is 3. The fraction of sp³-hybridized carbons (Fsp3) is 0.533. The number of quaternary nitrogens is 1. The van der Waals surface area contributed by atoms with Gasteiger partial charge in [-0.2, -0.15) is 0 Å². The molecule has 0 spiro atoms. The van der Waals surface area contributed by atoms with Crippen molar-refractivity contribution in [3.8, 4) is 0 Å². The first-order valence-corrected chi connectivity index (χ1v) is 7.22. The smallest absolute Gasteiger partial charge is 0.168 e. The Bertz CT molecular complexity index is 352. The van der Waals surface area contributed by atoms with E-state index >= 15 is 0 Å². The summed E-state index contributed by atoms with van der Waals surface area (Å²) in [5.41, 5.74) is 0.763. The standard InChI is InChI=1S/C15H22ClNO.ClH/c1-2-3-4-5-11-17-12-10-15(18)13-6-8-14(16)9-7-13;/h6-9,17H,2-5,10-12H2,1H3;1H. The third-order valence-electron chi connectivity index (χ3n) is 3.00. The van der Waals surface area contributed by atoms with Crippen molar-refractivity contribution in [3.05, 3.63) is 34.9 Å². The molecule has 108 valence electrons. The Hall–Kier alpha value is -0.570. The highest BCUT2D eigenvalue weighted by Crippen LogP contribution is 2.10. The second-order valence-corrected chi connectivity index (χ2v) is 5.04. The topological polar surface area (TPSA) is 33.7 Å². The molecule has 0 fully saturated rings. The van der Waals surface area contributed by atoms with Gasteiger partial charge in [0.15, 0.2) is 5.78 Å². The third-order valence-corrected chi connectivity index (χ3v) is 3.26. The molecule has 1 aromatic carbocycles. The fourth-order valence-corrected chi connectivity index (χ4v) is 2.00. The Morgan fingerprint density at radius 2 is 1.79 bits per heavy atom. The third kappa shape index (κ3) is 8.25. The SMILES string of the molecule is CCCCCC[NH2+]CCC(=O)c1ccc(Cl)cc1.[Cl-]. The molecule has 1 aromatic rings. The van der Waals surface area contributed by atoms with Crippen molar-refractivity contribution < 1.29 is 22.5 Å². The summed E-state index contributed by atoms with van der Waals surface area (Å²) in [6.45, 7) is 4.23. The van der Waals surface area contributed by atoms with Crippen molar-refractivity contribution in [1.29, 1.82) is 0 Å². The predicted octanol–water partition coefficient (Wildman–Crippen LogP) is 0.0605. The van der Waals surface area contributed by atoms with Crippen LogP contribution in [0.1, 0.15) is 49.4 Å². The molecule has 0 aromatic heterocycles. The lowest BCUT2D eigenvalue weighted by Crippen LogP contribution is -3.00. The number of hydrogen-bond acceptors (Lipinski definition) is 1. The summed E-state index contributed by atoms with van der Waals surface area (Å²) in [4.78, 5) is 11.8. The zero-order valence-corrected chi connectivity index (χ0v) is 13.0. The Kier molecular flexibility index (Phi) is 10.9. The summed E-state index contributed by atoms with van der Waals surface area (Å²) < 4.78 is 0. The van der Waals surface area contributed by atoms with Gasteiger partial charge in [-0.15, -0.1) is 0 Å². The summed E-state index contributed by atoms with van der Waals surface area (Å²) in [5, 5.41) is 2.91. The lowest BCUT2D eigenvalue weighted by molar-refractivity contribution is -0.653. The molecule has 0 atom stereocenters. The van der Waals surface area contributed by atoms with Crippen LogP contribution in [0.5, 0.6) is 0 Å². The van der Waals surface area contributed by atoms with Crippen molar-refractivity contribution in [3.63, 3.8) is 0 Å². The van der Waals surface area contributed by atoms with Gasteiger partial charge in [0.1, 0.15) is 0 Å². The van der Waals surface area contributed by atoms with Crippen LogP contribution in [0.3, 0.4) is 0 Å². The molecular formula is C15H23Cl2NO. The van der Waals surface area contributed by atoms with E-state index in [2.05, 4.69) is 12.2 Å². The van der Waals surface area contributed by atoms with Gasteiger partial charge >= 0.3 is 0 Å². The highest BCUT2D eigenvalue weighted by atomic mass is 35.5. The van der Waals surface area contributed by atoms with Crippen molar-refractivity contribution in [2.45, 2.75) is 39.0 Å². The van der Waals surface area contributed by atoms with Gasteiger partial charge in [-0.25, -0.2) is 0 Å². The number of nitrogens with two attached hydrogens (primary N) is 1. The van der Waals surface area contributed by atoms with Gasteiger partial charge in [-0.05, 0) is 37.1 Å². The summed E-state index contributed by atoms with van der Waals surface area (Å²) in [6, 6.07) is 7.13. The van der Waals surface area contributed by atoms with E-state index in [-0.39, 0.29) is 18.2 Å². The Labute approximate surface area is 127 Å². The van der Waals surface area contributed by atoms with Crippen LogP contribution < -0.4 is 17.7 Å². The molecule has 0 aliphatic carbocycles. The minimum absolute atomic E-state index is 0. The first kappa shape index (κ1) is 18.4. The highest BCUT2D eigenvalue weighted by molar-refractivity contribution is 6.30. The van der Waals surface area contributed by atoms with Gasteiger partial charge in [-0.3, -0.25) is 4.79 Å². The largest absolute Gasteiger partial charge is 1.00 e. The number of ketones is 1. The molecule has 19 heavy (non-hydrogen) atoms. The van der Waals surface area contributed by atoms with Crippen molar-refractivity contribution in [2.24, 2.45) is 0 Å². The number of carbonyl (C=O) groups is 1. The Balaban J connectivity index is 0.00000324. The van der Waals surface area contributed by atoms with E-state index in [1.807, 2.05) is 0 Å². The minimum Gasteiger partial charge on any atom is -1.00 e. The van der Waals surface area contributed by atoms with Crippen LogP contribution >= 0.6 is 11.6 Å².